The van der Waals surface area contributed by atoms with Gasteiger partial charge in [-0.3, -0.25) is 0 Å². The van der Waals surface area contributed by atoms with E-state index in [0.29, 0.717) is 0 Å². The quantitative estimate of drug-likeness (QED) is 0.641. The van der Waals surface area contributed by atoms with Gasteiger partial charge in [0.25, 0.3) is 0 Å². The van der Waals surface area contributed by atoms with Crippen molar-refractivity contribution in [2.24, 2.45) is 0 Å². The highest BCUT2D eigenvalue weighted by Crippen LogP contribution is 2.41. The van der Waals surface area contributed by atoms with Crippen LogP contribution in [0, 0.1) is 0 Å². The molecule has 0 aromatic heterocycles. The molecule has 1 heterocycles. The lowest BCUT2D eigenvalue weighted by Crippen LogP contribution is -2.09. The molecule has 0 radical (unpaired) electrons. The van der Waals surface area contributed by atoms with Crippen LogP contribution in [0.1, 0.15) is 12.5 Å². The van der Waals surface area contributed by atoms with Crippen molar-refractivity contribution in [3.63, 3.8) is 0 Å². The first-order valence-electron chi connectivity index (χ1n) is 6.75. The summed E-state index contributed by atoms with van der Waals surface area (Å²) in [5.41, 5.74) is 5.21. The van der Waals surface area contributed by atoms with E-state index in [9.17, 15) is 0 Å². The van der Waals surface area contributed by atoms with Gasteiger partial charge < -0.3 is 0 Å². The summed E-state index contributed by atoms with van der Waals surface area (Å²) in [6, 6.07) is 8.61. The van der Waals surface area contributed by atoms with E-state index in [2.05, 4.69) is 80.2 Å². The number of allylic oxidation sites excluding steroid dienone is 7. The third-order valence-electron chi connectivity index (χ3n) is 3.55. The molecular formula is C18H18NS+. The summed E-state index contributed by atoms with van der Waals surface area (Å²) in [5, 5.41) is 0. The van der Waals surface area contributed by atoms with E-state index < -0.39 is 0 Å². The molecular weight excluding hydrogens is 262 g/mol. The zero-order valence-electron chi connectivity index (χ0n) is 12.1. The largest absolute Gasteiger partial charge is 0.235 e. The van der Waals surface area contributed by atoms with Crippen LogP contribution in [0.25, 0.3) is 5.57 Å². The second-order valence-corrected chi connectivity index (χ2v) is 6.31. The summed E-state index contributed by atoms with van der Waals surface area (Å²) in [7, 11) is 4.13. The van der Waals surface area contributed by atoms with Crippen LogP contribution < -0.4 is 0 Å². The highest BCUT2D eigenvalue weighted by atomic mass is 32.2. The molecule has 100 valence electrons. The van der Waals surface area contributed by atoms with Crippen LogP contribution in [-0.2, 0) is 0 Å². The summed E-state index contributed by atoms with van der Waals surface area (Å²) in [6.07, 6.45) is 11.0. The summed E-state index contributed by atoms with van der Waals surface area (Å²) in [5.74, 6) is 0. The first kappa shape index (κ1) is 13.2. The maximum Gasteiger partial charge on any atom is 0.199 e. The third-order valence-corrected chi connectivity index (χ3v) is 4.70. The van der Waals surface area contributed by atoms with Crippen molar-refractivity contribution in [3.8, 4) is 0 Å². The molecule has 0 saturated carbocycles. The SMILES string of the molecule is CC1=CC(=C2C=CC(=[N+](C)C)C=C2)Sc2ccccc21. The van der Waals surface area contributed by atoms with Gasteiger partial charge in [0.1, 0.15) is 14.1 Å². The number of hydrogen-bond donors (Lipinski definition) is 0. The minimum absolute atomic E-state index is 1.23. The minimum Gasteiger partial charge on any atom is -0.235 e. The third kappa shape index (κ3) is 2.44. The minimum atomic E-state index is 1.23. The Labute approximate surface area is 124 Å². The molecule has 0 N–H and O–H groups in total. The predicted octanol–water partition coefficient (Wildman–Crippen LogP) is 4.29. The van der Waals surface area contributed by atoms with Gasteiger partial charge in [-0.15, -0.1) is 0 Å². The number of nitrogens with zero attached hydrogens (tertiary/aromatic N) is 1. The van der Waals surface area contributed by atoms with E-state index in [-0.39, 0.29) is 0 Å². The van der Waals surface area contributed by atoms with Crippen LogP contribution in [0.15, 0.2) is 70.0 Å². The molecule has 2 aliphatic rings. The van der Waals surface area contributed by atoms with Crippen molar-refractivity contribution in [3.05, 3.63) is 70.7 Å². The molecule has 1 aliphatic carbocycles. The lowest BCUT2D eigenvalue weighted by Gasteiger charge is -2.18. The Kier molecular flexibility index (Phi) is 3.49. The molecule has 1 aromatic carbocycles. The molecule has 20 heavy (non-hydrogen) atoms. The van der Waals surface area contributed by atoms with Gasteiger partial charge in [-0.25, -0.2) is 4.58 Å². The standard InChI is InChI=1S/C18H18NS/c1-13-12-18(20-17-7-5-4-6-16(13)17)14-8-10-15(11-9-14)19(2)3/h4-12H,1-3H3/q+1. The van der Waals surface area contributed by atoms with Crippen molar-refractivity contribution >= 4 is 23.0 Å². The van der Waals surface area contributed by atoms with Gasteiger partial charge in [0, 0.05) is 22.0 Å². The van der Waals surface area contributed by atoms with Gasteiger partial charge >= 0.3 is 0 Å². The molecule has 1 aromatic rings. The van der Waals surface area contributed by atoms with Crippen LogP contribution in [0.2, 0.25) is 0 Å². The van der Waals surface area contributed by atoms with E-state index >= 15 is 0 Å². The fourth-order valence-corrected chi connectivity index (χ4v) is 3.58. The summed E-state index contributed by atoms with van der Waals surface area (Å²) < 4.78 is 2.12. The van der Waals surface area contributed by atoms with Crippen molar-refractivity contribution in [2.75, 3.05) is 14.1 Å². The molecule has 0 atom stereocenters. The van der Waals surface area contributed by atoms with Gasteiger partial charge in [-0.05, 0) is 47.9 Å². The average Bonchev–Trinajstić information content (AvgIpc) is 2.47. The Morgan fingerprint density at radius 1 is 0.950 bits per heavy atom. The zero-order chi connectivity index (χ0) is 14.1. The lowest BCUT2D eigenvalue weighted by molar-refractivity contribution is -0.462. The summed E-state index contributed by atoms with van der Waals surface area (Å²) >= 11 is 1.85. The predicted molar refractivity (Wildman–Crippen MR) is 88.4 cm³/mol. The van der Waals surface area contributed by atoms with Crippen molar-refractivity contribution in [2.45, 2.75) is 11.8 Å². The molecule has 1 aliphatic heterocycles. The second-order valence-electron chi connectivity index (χ2n) is 5.23. The molecule has 3 rings (SSSR count). The van der Waals surface area contributed by atoms with Gasteiger partial charge in [-0.1, -0.05) is 30.0 Å². The summed E-state index contributed by atoms with van der Waals surface area (Å²) in [4.78, 5) is 2.67. The smallest absolute Gasteiger partial charge is 0.199 e. The van der Waals surface area contributed by atoms with E-state index in [1.165, 1.54) is 32.2 Å². The Hall–Kier alpha value is -1.80. The van der Waals surface area contributed by atoms with E-state index in [1.54, 1.807) is 0 Å². The number of hydrogen-bond acceptors (Lipinski definition) is 1. The Morgan fingerprint density at radius 2 is 1.65 bits per heavy atom. The van der Waals surface area contributed by atoms with E-state index in [4.69, 9.17) is 0 Å². The molecule has 0 spiro atoms. The normalized spacial score (nSPS) is 17.1. The van der Waals surface area contributed by atoms with Crippen molar-refractivity contribution in [1.82, 2.24) is 0 Å². The highest BCUT2D eigenvalue weighted by molar-refractivity contribution is 8.03. The number of benzene rings is 1. The van der Waals surface area contributed by atoms with Gasteiger partial charge in [0.05, 0.1) is 0 Å². The van der Waals surface area contributed by atoms with Gasteiger partial charge in [0.15, 0.2) is 5.71 Å². The van der Waals surface area contributed by atoms with Crippen LogP contribution in [0.3, 0.4) is 0 Å². The molecule has 0 fully saturated rings. The molecule has 0 amide bonds. The lowest BCUT2D eigenvalue weighted by atomic mass is 10.0. The Morgan fingerprint density at radius 3 is 2.35 bits per heavy atom. The van der Waals surface area contributed by atoms with Crippen LogP contribution in [-0.4, -0.2) is 24.4 Å². The van der Waals surface area contributed by atoms with Gasteiger partial charge in [-0.2, -0.15) is 0 Å². The fraction of sp³-hybridized carbons (Fsp3) is 0.167. The second kappa shape index (κ2) is 5.29. The van der Waals surface area contributed by atoms with Crippen molar-refractivity contribution < 1.29 is 4.58 Å². The molecule has 0 saturated heterocycles. The van der Waals surface area contributed by atoms with Gasteiger partial charge in [0.2, 0.25) is 0 Å². The summed E-state index contributed by atoms with van der Waals surface area (Å²) in [6.45, 7) is 2.19. The first-order valence-corrected chi connectivity index (χ1v) is 7.57. The Bertz CT molecular complexity index is 693. The molecule has 1 nitrogen and oxygen atoms in total. The molecule has 0 unspecified atom stereocenters. The number of rotatable bonds is 0. The van der Waals surface area contributed by atoms with E-state index in [0.717, 1.165) is 0 Å². The highest BCUT2D eigenvalue weighted by Gasteiger charge is 2.15. The fourth-order valence-electron chi connectivity index (χ4n) is 2.37. The Balaban J connectivity index is 2.01. The molecule has 0 bridgehead atoms. The zero-order valence-corrected chi connectivity index (χ0v) is 12.9. The topological polar surface area (TPSA) is 3.01 Å². The number of fused-ring (bicyclic) bond motifs is 1. The average molecular weight is 280 g/mol. The van der Waals surface area contributed by atoms with E-state index in [1.807, 2.05) is 11.8 Å². The maximum absolute atomic E-state index is 2.29. The molecule has 2 heteroatoms. The van der Waals surface area contributed by atoms with Crippen LogP contribution in [0.4, 0.5) is 0 Å². The number of thioether (sulfide) groups is 1. The van der Waals surface area contributed by atoms with Crippen molar-refractivity contribution in [1.29, 1.82) is 0 Å². The first-order chi connectivity index (χ1) is 9.65. The van der Waals surface area contributed by atoms with Crippen LogP contribution in [0.5, 0.6) is 0 Å². The maximum atomic E-state index is 2.29. The van der Waals surface area contributed by atoms with Crippen LogP contribution >= 0.6 is 11.8 Å². The monoisotopic (exact) mass is 280 g/mol.